The van der Waals surface area contributed by atoms with E-state index in [-0.39, 0.29) is 35.0 Å². The zero-order valence-corrected chi connectivity index (χ0v) is 22.2. The summed E-state index contributed by atoms with van der Waals surface area (Å²) in [5.74, 6) is -2.85. The molecule has 0 bridgehead atoms. The van der Waals surface area contributed by atoms with E-state index in [4.69, 9.17) is 4.74 Å². The number of fused-ring (bicyclic) bond motifs is 1. The number of Topliss-reactive ketones (excluding diaryl/α,β-unsaturated/α-hetero) is 1. The Balaban J connectivity index is 2.29. The number of amides is 1. The molecular weight excluding hydrogens is 470 g/mol. The number of aliphatic carboxylic acids is 1. The zero-order valence-electron chi connectivity index (χ0n) is 21.3. The second kappa shape index (κ2) is 12.5. The van der Waals surface area contributed by atoms with Crippen LogP contribution in [0, 0.1) is 5.92 Å². The number of carbonyl (C=O) groups is 3. The van der Waals surface area contributed by atoms with Crippen molar-refractivity contribution in [3.8, 4) is 5.75 Å². The highest BCUT2D eigenvalue weighted by Crippen LogP contribution is 2.36. The van der Waals surface area contributed by atoms with Gasteiger partial charge in [0.05, 0.1) is 22.1 Å². The van der Waals surface area contributed by atoms with Gasteiger partial charge >= 0.3 is 5.97 Å². The van der Waals surface area contributed by atoms with Crippen molar-refractivity contribution in [1.82, 2.24) is 4.90 Å². The van der Waals surface area contributed by atoms with Gasteiger partial charge in [0.1, 0.15) is 5.75 Å². The lowest BCUT2D eigenvalue weighted by atomic mass is 10.00. The van der Waals surface area contributed by atoms with E-state index in [1.807, 2.05) is 0 Å². The molecule has 1 aromatic carbocycles. The van der Waals surface area contributed by atoms with E-state index in [1.165, 1.54) is 18.2 Å². The Kier molecular flexibility index (Phi) is 10.3. The molecular formula is C26H39NO7S. The number of nitrogens with zero attached hydrogens (tertiary/aromatic N) is 1. The Labute approximate surface area is 209 Å². The molecule has 1 amide bonds. The van der Waals surface area contributed by atoms with Gasteiger partial charge in [-0.1, -0.05) is 39.5 Å². The molecule has 1 heterocycles. The first-order valence-corrected chi connectivity index (χ1v) is 14.2. The van der Waals surface area contributed by atoms with Crippen LogP contribution in [0.2, 0.25) is 0 Å². The molecule has 0 aliphatic carbocycles. The van der Waals surface area contributed by atoms with Gasteiger partial charge in [-0.25, -0.2) is 8.42 Å². The van der Waals surface area contributed by atoms with Crippen LogP contribution in [0.4, 0.5) is 0 Å². The molecule has 1 N–H and O–H groups in total. The fraction of sp³-hybridized carbons (Fsp3) is 0.654. The zero-order chi connectivity index (χ0) is 26.2. The summed E-state index contributed by atoms with van der Waals surface area (Å²) in [7, 11) is -3.97. The summed E-state index contributed by atoms with van der Waals surface area (Å²) >= 11 is 0. The van der Waals surface area contributed by atoms with Gasteiger partial charge in [-0.15, -0.1) is 0 Å². The average Bonchev–Trinajstić information content (AvgIpc) is 3.03. The van der Waals surface area contributed by atoms with E-state index < -0.39 is 33.1 Å². The van der Waals surface area contributed by atoms with Crippen LogP contribution in [-0.4, -0.2) is 60.5 Å². The topological polar surface area (TPSA) is 118 Å². The monoisotopic (exact) mass is 509 g/mol. The van der Waals surface area contributed by atoms with Crippen molar-refractivity contribution in [2.24, 2.45) is 5.92 Å². The Hall–Kier alpha value is -2.42. The SMILES string of the molecule is CCCCCN(CCCCC)C(=O)C(CCC(=O)O)CS(=O)(=O)c1ccc2c(c1)C(=O)C(C)(C)O2. The van der Waals surface area contributed by atoms with Crippen LogP contribution in [0.15, 0.2) is 23.1 Å². The third-order valence-corrected chi connectivity index (χ3v) is 8.13. The number of hydrogen-bond donors (Lipinski definition) is 1. The summed E-state index contributed by atoms with van der Waals surface area (Å²) in [5.41, 5.74) is -0.868. The number of benzene rings is 1. The van der Waals surface area contributed by atoms with Crippen LogP contribution >= 0.6 is 0 Å². The van der Waals surface area contributed by atoms with Crippen molar-refractivity contribution in [1.29, 1.82) is 0 Å². The minimum atomic E-state index is -3.97. The summed E-state index contributed by atoms with van der Waals surface area (Å²) < 4.78 is 32.3. The van der Waals surface area contributed by atoms with Crippen molar-refractivity contribution in [3.63, 3.8) is 0 Å². The Morgan fingerprint density at radius 2 is 1.66 bits per heavy atom. The third-order valence-electron chi connectivity index (χ3n) is 6.32. The molecule has 0 spiro atoms. The molecule has 35 heavy (non-hydrogen) atoms. The molecule has 1 aliphatic rings. The van der Waals surface area contributed by atoms with Crippen LogP contribution in [-0.2, 0) is 19.4 Å². The molecule has 1 aliphatic heterocycles. The molecule has 196 valence electrons. The largest absolute Gasteiger partial charge is 0.481 e. The minimum absolute atomic E-state index is 0.0640. The van der Waals surface area contributed by atoms with Crippen molar-refractivity contribution in [2.75, 3.05) is 18.8 Å². The maximum absolute atomic E-state index is 13.5. The number of unbranched alkanes of at least 4 members (excludes halogenated alkanes) is 4. The van der Waals surface area contributed by atoms with Crippen molar-refractivity contribution < 1.29 is 32.6 Å². The van der Waals surface area contributed by atoms with Gasteiger partial charge in [-0.2, -0.15) is 0 Å². The molecule has 0 aromatic heterocycles. The summed E-state index contributed by atoms with van der Waals surface area (Å²) in [5, 5.41) is 9.20. The highest BCUT2D eigenvalue weighted by molar-refractivity contribution is 7.91. The molecule has 1 unspecified atom stereocenters. The van der Waals surface area contributed by atoms with E-state index in [0.29, 0.717) is 18.8 Å². The molecule has 8 nitrogen and oxygen atoms in total. The maximum atomic E-state index is 13.5. The molecule has 0 radical (unpaired) electrons. The number of carboxylic acids is 1. The van der Waals surface area contributed by atoms with Crippen LogP contribution < -0.4 is 4.74 Å². The number of carbonyl (C=O) groups excluding carboxylic acids is 2. The van der Waals surface area contributed by atoms with Crippen LogP contribution in [0.25, 0.3) is 0 Å². The number of ketones is 1. The predicted octanol–water partition coefficient (Wildman–Crippen LogP) is 4.50. The van der Waals surface area contributed by atoms with Gasteiger partial charge in [0.25, 0.3) is 0 Å². The fourth-order valence-electron chi connectivity index (χ4n) is 4.25. The molecule has 0 saturated carbocycles. The van der Waals surface area contributed by atoms with Crippen molar-refractivity contribution in [2.45, 2.75) is 89.6 Å². The van der Waals surface area contributed by atoms with Gasteiger partial charge in [0, 0.05) is 19.5 Å². The number of hydrogen-bond acceptors (Lipinski definition) is 6. The van der Waals surface area contributed by atoms with Gasteiger partial charge in [-0.3, -0.25) is 14.4 Å². The summed E-state index contributed by atoms with van der Waals surface area (Å²) in [4.78, 5) is 39.0. The maximum Gasteiger partial charge on any atom is 0.303 e. The lowest BCUT2D eigenvalue weighted by Gasteiger charge is -2.27. The molecule has 9 heteroatoms. The quantitative estimate of drug-likeness (QED) is 0.346. The van der Waals surface area contributed by atoms with Gasteiger partial charge in [0.2, 0.25) is 11.7 Å². The van der Waals surface area contributed by atoms with Crippen LogP contribution in [0.3, 0.4) is 0 Å². The number of rotatable bonds is 15. The van der Waals surface area contributed by atoms with Crippen LogP contribution in [0.5, 0.6) is 5.75 Å². The van der Waals surface area contributed by atoms with Crippen molar-refractivity contribution in [3.05, 3.63) is 23.8 Å². The average molecular weight is 510 g/mol. The van der Waals surface area contributed by atoms with Gasteiger partial charge in [0.15, 0.2) is 15.4 Å². The lowest BCUT2D eigenvalue weighted by Crippen LogP contribution is -2.40. The molecule has 2 rings (SSSR count). The normalized spacial score (nSPS) is 15.4. The molecule has 1 atom stereocenters. The Morgan fingerprint density at radius 3 is 2.20 bits per heavy atom. The highest BCUT2D eigenvalue weighted by atomic mass is 32.2. The number of ether oxygens (including phenoxy) is 1. The molecule has 0 saturated heterocycles. The van der Waals surface area contributed by atoms with E-state index in [2.05, 4.69) is 13.8 Å². The standard InChI is InChI=1S/C26H39NO7S/c1-5-7-9-15-27(16-10-8-6-2)25(31)19(11-14-23(28)29)18-35(32,33)20-12-13-22-21(17-20)24(30)26(3,4)34-22/h12-13,17,19H,5-11,14-16,18H2,1-4H3,(H,28,29). The summed E-state index contributed by atoms with van der Waals surface area (Å²) in [6, 6.07) is 4.15. The van der Waals surface area contributed by atoms with Crippen LogP contribution in [0.1, 0.15) is 89.4 Å². The smallest absolute Gasteiger partial charge is 0.303 e. The lowest BCUT2D eigenvalue weighted by molar-refractivity contribution is -0.138. The highest BCUT2D eigenvalue weighted by Gasteiger charge is 2.40. The molecule has 0 fully saturated rings. The van der Waals surface area contributed by atoms with E-state index in [1.54, 1.807) is 18.7 Å². The Bertz CT molecular complexity index is 1010. The third kappa shape index (κ3) is 7.78. The number of carboxylic acid groups (broad SMARTS) is 1. The predicted molar refractivity (Wildman–Crippen MR) is 134 cm³/mol. The number of sulfone groups is 1. The van der Waals surface area contributed by atoms with Gasteiger partial charge in [-0.05, 0) is 51.3 Å². The first kappa shape index (κ1) is 28.8. The summed E-state index contributed by atoms with van der Waals surface area (Å²) in [6.45, 7) is 8.43. The summed E-state index contributed by atoms with van der Waals surface area (Å²) in [6.07, 6.45) is 5.16. The van der Waals surface area contributed by atoms with E-state index in [9.17, 15) is 27.9 Å². The van der Waals surface area contributed by atoms with Crippen molar-refractivity contribution >= 4 is 27.5 Å². The second-order valence-corrected chi connectivity index (χ2v) is 11.8. The first-order chi connectivity index (χ1) is 16.4. The second-order valence-electron chi connectivity index (χ2n) is 9.75. The van der Waals surface area contributed by atoms with E-state index >= 15 is 0 Å². The molecule has 1 aromatic rings. The fourth-order valence-corrected chi connectivity index (χ4v) is 5.85. The first-order valence-electron chi connectivity index (χ1n) is 12.5. The Morgan fingerprint density at radius 1 is 1.06 bits per heavy atom. The minimum Gasteiger partial charge on any atom is -0.481 e. The van der Waals surface area contributed by atoms with Gasteiger partial charge < -0.3 is 14.7 Å². The van der Waals surface area contributed by atoms with E-state index in [0.717, 1.165) is 38.5 Å².